The number of hydrogen-bond acceptors (Lipinski definition) is 2. The van der Waals surface area contributed by atoms with E-state index in [1.807, 2.05) is 0 Å². The van der Waals surface area contributed by atoms with Crippen LogP contribution in [0.1, 0.15) is 11.1 Å². The van der Waals surface area contributed by atoms with Crippen molar-refractivity contribution in [1.29, 1.82) is 0 Å². The Kier molecular flexibility index (Phi) is 3.11. The van der Waals surface area contributed by atoms with Crippen LogP contribution in [-0.4, -0.2) is 13.1 Å². The van der Waals surface area contributed by atoms with Crippen LogP contribution in [0.2, 0.25) is 0 Å². The molecule has 3 N–H and O–H groups in total. The summed E-state index contributed by atoms with van der Waals surface area (Å²) in [5.74, 6) is 0. The minimum Gasteiger partial charge on any atom is -0.384 e. The second kappa shape index (κ2) is 4.12. The Morgan fingerprint density at radius 2 is 1.75 bits per heavy atom. The average Bonchev–Trinajstić information content (AvgIpc) is 1.99. The van der Waals surface area contributed by atoms with E-state index in [4.69, 9.17) is 5.73 Å². The molecule has 66 valence electrons. The molecule has 0 aliphatic heterocycles. The Morgan fingerprint density at radius 1 is 1.17 bits per heavy atom. The molecule has 0 bridgehead atoms. The maximum absolute atomic E-state index is 5.39. The van der Waals surface area contributed by atoms with Crippen LogP contribution in [0.25, 0.3) is 0 Å². The number of nitrogens with two attached hydrogens (primary N) is 1. The number of hydrogen-bond donors (Lipinski definition) is 2. The summed E-state index contributed by atoms with van der Waals surface area (Å²) in [6.07, 6.45) is 0. The Bertz CT molecular complexity index is 236. The SMILES string of the molecule is Cc1cc(C)cc(NCCN)c1. The van der Waals surface area contributed by atoms with E-state index >= 15 is 0 Å². The highest BCUT2D eigenvalue weighted by Gasteiger charge is 1.93. The molecule has 1 aromatic rings. The van der Waals surface area contributed by atoms with Gasteiger partial charge in [0.25, 0.3) is 0 Å². The summed E-state index contributed by atoms with van der Waals surface area (Å²) < 4.78 is 0. The Hall–Kier alpha value is -1.02. The van der Waals surface area contributed by atoms with E-state index in [0.29, 0.717) is 6.54 Å². The lowest BCUT2D eigenvalue weighted by Gasteiger charge is -2.06. The maximum Gasteiger partial charge on any atom is 0.0345 e. The minimum atomic E-state index is 0.674. The second-order valence-corrected chi connectivity index (χ2v) is 3.09. The molecule has 0 saturated carbocycles. The molecule has 12 heavy (non-hydrogen) atoms. The van der Waals surface area contributed by atoms with Crippen LogP contribution in [0.15, 0.2) is 18.2 Å². The Balaban J connectivity index is 2.72. The molecule has 0 spiro atoms. The predicted octanol–water partition coefficient (Wildman–Crippen LogP) is 1.67. The third-order valence-electron chi connectivity index (χ3n) is 1.70. The predicted molar refractivity (Wildman–Crippen MR) is 53.5 cm³/mol. The van der Waals surface area contributed by atoms with Gasteiger partial charge in [0.2, 0.25) is 0 Å². The molecule has 0 amide bonds. The first-order chi connectivity index (χ1) is 5.72. The van der Waals surface area contributed by atoms with E-state index < -0.39 is 0 Å². The van der Waals surface area contributed by atoms with E-state index in [-0.39, 0.29) is 0 Å². The quantitative estimate of drug-likeness (QED) is 0.713. The van der Waals surface area contributed by atoms with Gasteiger partial charge in [-0.1, -0.05) is 6.07 Å². The van der Waals surface area contributed by atoms with Crippen LogP contribution in [0.5, 0.6) is 0 Å². The molecule has 0 saturated heterocycles. The van der Waals surface area contributed by atoms with Gasteiger partial charge in [0.05, 0.1) is 0 Å². The topological polar surface area (TPSA) is 38.0 Å². The molecule has 1 rings (SSSR count). The van der Waals surface area contributed by atoms with Gasteiger partial charge in [-0.15, -0.1) is 0 Å². The van der Waals surface area contributed by atoms with E-state index in [2.05, 4.69) is 37.4 Å². The summed E-state index contributed by atoms with van der Waals surface area (Å²) in [5, 5.41) is 3.25. The van der Waals surface area contributed by atoms with E-state index in [0.717, 1.165) is 12.2 Å². The van der Waals surface area contributed by atoms with Crippen molar-refractivity contribution in [2.75, 3.05) is 18.4 Å². The van der Waals surface area contributed by atoms with Gasteiger partial charge in [-0.3, -0.25) is 0 Å². The van der Waals surface area contributed by atoms with Crippen LogP contribution in [0, 0.1) is 13.8 Å². The van der Waals surface area contributed by atoms with Crippen molar-refractivity contribution in [2.24, 2.45) is 5.73 Å². The van der Waals surface area contributed by atoms with Gasteiger partial charge in [0, 0.05) is 18.8 Å². The molecule has 0 radical (unpaired) electrons. The lowest BCUT2D eigenvalue weighted by molar-refractivity contribution is 1.02. The minimum absolute atomic E-state index is 0.674. The van der Waals surface area contributed by atoms with Gasteiger partial charge in [0.1, 0.15) is 0 Å². The first-order valence-corrected chi connectivity index (χ1v) is 4.24. The van der Waals surface area contributed by atoms with Crippen LogP contribution >= 0.6 is 0 Å². The van der Waals surface area contributed by atoms with Crippen molar-refractivity contribution in [3.63, 3.8) is 0 Å². The zero-order valence-electron chi connectivity index (χ0n) is 7.72. The summed E-state index contributed by atoms with van der Waals surface area (Å²) in [5.41, 5.74) is 9.13. The molecule has 0 fully saturated rings. The summed E-state index contributed by atoms with van der Waals surface area (Å²) in [4.78, 5) is 0. The molecular formula is C10H16N2. The standard InChI is InChI=1S/C10H16N2/c1-8-5-9(2)7-10(6-8)12-4-3-11/h5-7,12H,3-4,11H2,1-2H3. The van der Waals surface area contributed by atoms with Crippen molar-refractivity contribution in [3.05, 3.63) is 29.3 Å². The summed E-state index contributed by atoms with van der Waals surface area (Å²) in [6, 6.07) is 6.42. The molecule has 1 aromatic carbocycles. The number of nitrogens with one attached hydrogen (secondary N) is 1. The number of benzene rings is 1. The van der Waals surface area contributed by atoms with Crippen molar-refractivity contribution in [2.45, 2.75) is 13.8 Å². The first-order valence-electron chi connectivity index (χ1n) is 4.24. The number of aryl methyl sites for hydroxylation is 2. The van der Waals surface area contributed by atoms with Crippen LogP contribution in [-0.2, 0) is 0 Å². The van der Waals surface area contributed by atoms with Gasteiger partial charge >= 0.3 is 0 Å². The Morgan fingerprint density at radius 3 is 2.25 bits per heavy atom. The largest absolute Gasteiger partial charge is 0.384 e. The molecule has 2 heteroatoms. The molecule has 0 heterocycles. The molecule has 0 aliphatic carbocycles. The zero-order chi connectivity index (χ0) is 8.97. The molecule has 0 atom stereocenters. The third kappa shape index (κ3) is 2.55. The van der Waals surface area contributed by atoms with Crippen molar-refractivity contribution >= 4 is 5.69 Å². The van der Waals surface area contributed by atoms with E-state index in [1.54, 1.807) is 0 Å². The molecular weight excluding hydrogens is 148 g/mol. The fourth-order valence-corrected chi connectivity index (χ4v) is 1.29. The van der Waals surface area contributed by atoms with Gasteiger partial charge in [-0.25, -0.2) is 0 Å². The van der Waals surface area contributed by atoms with Gasteiger partial charge < -0.3 is 11.1 Å². The zero-order valence-corrected chi connectivity index (χ0v) is 7.72. The normalized spacial score (nSPS) is 9.92. The van der Waals surface area contributed by atoms with Gasteiger partial charge in [-0.2, -0.15) is 0 Å². The third-order valence-corrected chi connectivity index (χ3v) is 1.70. The Labute approximate surface area is 73.8 Å². The lowest BCUT2D eigenvalue weighted by Crippen LogP contribution is -2.13. The highest BCUT2D eigenvalue weighted by molar-refractivity contribution is 5.48. The van der Waals surface area contributed by atoms with Crippen LogP contribution in [0.4, 0.5) is 5.69 Å². The molecule has 0 aliphatic rings. The van der Waals surface area contributed by atoms with Crippen molar-refractivity contribution in [1.82, 2.24) is 0 Å². The molecule has 0 unspecified atom stereocenters. The smallest absolute Gasteiger partial charge is 0.0345 e. The summed E-state index contributed by atoms with van der Waals surface area (Å²) in [7, 11) is 0. The summed E-state index contributed by atoms with van der Waals surface area (Å²) in [6.45, 7) is 5.71. The van der Waals surface area contributed by atoms with E-state index in [1.165, 1.54) is 11.1 Å². The number of anilines is 1. The van der Waals surface area contributed by atoms with Gasteiger partial charge in [-0.05, 0) is 37.1 Å². The van der Waals surface area contributed by atoms with Crippen molar-refractivity contribution in [3.8, 4) is 0 Å². The molecule has 0 aromatic heterocycles. The van der Waals surface area contributed by atoms with Crippen LogP contribution < -0.4 is 11.1 Å². The second-order valence-electron chi connectivity index (χ2n) is 3.09. The highest BCUT2D eigenvalue weighted by Crippen LogP contribution is 2.12. The average molecular weight is 164 g/mol. The lowest BCUT2D eigenvalue weighted by atomic mass is 10.1. The molecule has 2 nitrogen and oxygen atoms in total. The first kappa shape index (κ1) is 9.07. The fraction of sp³-hybridized carbons (Fsp3) is 0.400. The maximum atomic E-state index is 5.39. The van der Waals surface area contributed by atoms with Crippen LogP contribution in [0.3, 0.4) is 0 Å². The highest BCUT2D eigenvalue weighted by atomic mass is 14.9. The van der Waals surface area contributed by atoms with E-state index in [9.17, 15) is 0 Å². The fourth-order valence-electron chi connectivity index (χ4n) is 1.29. The number of rotatable bonds is 3. The summed E-state index contributed by atoms with van der Waals surface area (Å²) >= 11 is 0. The monoisotopic (exact) mass is 164 g/mol. The van der Waals surface area contributed by atoms with Gasteiger partial charge in [0.15, 0.2) is 0 Å². The van der Waals surface area contributed by atoms with Crippen molar-refractivity contribution < 1.29 is 0 Å².